The molecule has 1 aliphatic rings. The Bertz CT molecular complexity index is 589. The molecule has 0 aliphatic heterocycles. The minimum atomic E-state index is 0.188. The number of fused-ring (bicyclic) bond motifs is 1. The summed E-state index contributed by atoms with van der Waals surface area (Å²) in [5.74, 6) is 1.90. The van der Waals surface area contributed by atoms with Crippen molar-refractivity contribution in [2.45, 2.75) is 46.1 Å². The second-order valence-corrected chi connectivity index (χ2v) is 6.35. The van der Waals surface area contributed by atoms with Crippen molar-refractivity contribution >= 4 is 17.0 Å². The van der Waals surface area contributed by atoms with Crippen LogP contribution in [-0.4, -0.2) is 19.5 Å². The topological polar surface area (TPSA) is 69.6 Å². The number of hydrogen-bond donors (Lipinski definition) is 1. The highest BCUT2D eigenvalue weighted by atomic mass is 15.1. The first kappa shape index (κ1) is 11.4. The van der Waals surface area contributed by atoms with Crippen LogP contribution in [0.4, 0.5) is 5.82 Å². The van der Waals surface area contributed by atoms with Gasteiger partial charge in [0, 0.05) is 12.5 Å². The van der Waals surface area contributed by atoms with Gasteiger partial charge in [-0.15, -0.1) is 0 Å². The quantitative estimate of drug-likeness (QED) is 0.881. The van der Waals surface area contributed by atoms with Gasteiger partial charge in [0.2, 0.25) is 0 Å². The Morgan fingerprint density at radius 2 is 2.06 bits per heavy atom. The molecular weight excluding hydrogens is 226 g/mol. The first-order valence-corrected chi connectivity index (χ1v) is 6.42. The second kappa shape index (κ2) is 3.67. The van der Waals surface area contributed by atoms with Crippen molar-refractivity contribution in [1.29, 1.82) is 0 Å². The van der Waals surface area contributed by atoms with Crippen molar-refractivity contribution in [2.75, 3.05) is 5.73 Å². The van der Waals surface area contributed by atoms with E-state index < -0.39 is 0 Å². The number of hydrogen-bond acceptors (Lipinski definition) is 4. The summed E-state index contributed by atoms with van der Waals surface area (Å²) in [4.78, 5) is 13.4. The van der Waals surface area contributed by atoms with Crippen LogP contribution < -0.4 is 5.73 Å². The molecule has 0 spiro atoms. The fraction of sp³-hybridized carbons (Fsp3) is 0.615. The summed E-state index contributed by atoms with van der Waals surface area (Å²) >= 11 is 0. The van der Waals surface area contributed by atoms with Crippen LogP contribution in [0.1, 0.15) is 45.4 Å². The molecule has 2 aromatic heterocycles. The lowest BCUT2D eigenvalue weighted by atomic mass is 9.97. The molecule has 0 atom stereocenters. The zero-order valence-corrected chi connectivity index (χ0v) is 11.1. The lowest BCUT2D eigenvalue weighted by Crippen LogP contribution is -2.15. The number of anilines is 1. The average molecular weight is 245 g/mol. The minimum Gasteiger partial charge on any atom is -0.382 e. The molecule has 18 heavy (non-hydrogen) atoms. The van der Waals surface area contributed by atoms with E-state index in [9.17, 15) is 0 Å². The van der Waals surface area contributed by atoms with Gasteiger partial charge < -0.3 is 10.3 Å². The zero-order valence-electron chi connectivity index (χ0n) is 11.1. The molecule has 0 aromatic carbocycles. The molecule has 0 radical (unpaired) electrons. The van der Waals surface area contributed by atoms with Crippen LogP contribution in [0.15, 0.2) is 6.33 Å². The molecule has 2 aromatic rings. The Labute approximate surface area is 106 Å². The third kappa shape index (κ3) is 2.05. The third-order valence-corrected chi connectivity index (χ3v) is 3.10. The number of rotatable bonds is 2. The Morgan fingerprint density at radius 1 is 1.33 bits per heavy atom. The summed E-state index contributed by atoms with van der Waals surface area (Å²) in [5.41, 5.74) is 7.76. The molecule has 0 unspecified atom stereocenters. The molecule has 0 bridgehead atoms. The molecule has 2 heterocycles. The van der Waals surface area contributed by atoms with Crippen molar-refractivity contribution in [1.82, 2.24) is 19.5 Å². The molecule has 1 fully saturated rings. The van der Waals surface area contributed by atoms with Crippen molar-refractivity contribution in [3.8, 4) is 0 Å². The van der Waals surface area contributed by atoms with E-state index in [0.29, 0.717) is 11.7 Å². The average Bonchev–Trinajstić information content (AvgIpc) is 3.02. The molecule has 0 saturated heterocycles. The van der Waals surface area contributed by atoms with Gasteiger partial charge in [0.1, 0.15) is 11.3 Å². The Kier molecular flexibility index (Phi) is 2.33. The molecular formula is C13H19N5. The maximum atomic E-state index is 5.97. The fourth-order valence-electron chi connectivity index (χ4n) is 2.13. The summed E-state index contributed by atoms with van der Waals surface area (Å²) in [6.45, 7) is 7.48. The summed E-state index contributed by atoms with van der Waals surface area (Å²) in [6.07, 6.45) is 4.17. The van der Waals surface area contributed by atoms with Gasteiger partial charge in [-0.2, -0.15) is 0 Å². The molecule has 5 heteroatoms. The van der Waals surface area contributed by atoms with Crippen LogP contribution >= 0.6 is 0 Å². The molecule has 1 saturated carbocycles. The minimum absolute atomic E-state index is 0.188. The van der Waals surface area contributed by atoms with E-state index in [4.69, 9.17) is 5.73 Å². The Morgan fingerprint density at radius 3 is 2.67 bits per heavy atom. The molecule has 1 aliphatic carbocycles. The molecule has 2 N–H and O–H groups in total. The first-order valence-electron chi connectivity index (χ1n) is 6.42. The molecule has 3 rings (SSSR count). The number of nitrogens with two attached hydrogens (primary N) is 1. The highest BCUT2D eigenvalue weighted by molar-refractivity contribution is 5.81. The Hall–Kier alpha value is -1.65. The number of nitrogen functional groups attached to an aromatic ring is 1. The van der Waals surface area contributed by atoms with E-state index in [-0.39, 0.29) is 5.41 Å². The van der Waals surface area contributed by atoms with E-state index in [1.165, 1.54) is 12.8 Å². The smallest absolute Gasteiger partial charge is 0.165 e. The van der Waals surface area contributed by atoms with Crippen LogP contribution in [0, 0.1) is 5.41 Å². The van der Waals surface area contributed by atoms with Gasteiger partial charge >= 0.3 is 0 Å². The van der Waals surface area contributed by atoms with Crippen molar-refractivity contribution in [3.63, 3.8) is 0 Å². The van der Waals surface area contributed by atoms with Crippen LogP contribution in [-0.2, 0) is 6.54 Å². The van der Waals surface area contributed by atoms with E-state index in [2.05, 4.69) is 40.3 Å². The van der Waals surface area contributed by atoms with E-state index in [0.717, 1.165) is 23.5 Å². The number of aromatic nitrogens is 4. The predicted molar refractivity (Wildman–Crippen MR) is 71.2 cm³/mol. The van der Waals surface area contributed by atoms with Gasteiger partial charge in [0.15, 0.2) is 11.5 Å². The van der Waals surface area contributed by atoms with Crippen LogP contribution in [0.5, 0.6) is 0 Å². The van der Waals surface area contributed by atoms with Crippen LogP contribution in [0.3, 0.4) is 0 Å². The van der Waals surface area contributed by atoms with Crippen molar-refractivity contribution in [3.05, 3.63) is 12.2 Å². The van der Waals surface area contributed by atoms with E-state index in [1.54, 1.807) is 0 Å². The standard InChI is InChI=1S/C13H19N5/c1-13(2,3)6-18-7-15-9-10(14)16-11(8-4-5-8)17-12(9)18/h7-8H,4-6H2,1-3H3,(H2,14,16,17). The van der Waals surface area contributed by atoms with Gasteiger partial charge in [-0.1, -0.05) is 20.8 Å². The normalized spacial score (nSPS) is 16.4. The largest absolute Gasteiger partial charge is 0.382 e. The van der Waals surface area contributed by atoms with Gasteiger partial charge in [-0.05, 0) is 18.3 Å². The van der Waals surface area contributed by atoms with E-state index in [1.807, 2.05) is 6.33 Å². The van der Waals surface area contributed by atoms with Crippen molar-refractivity contribution < 1.29 is 0 Å². The highest BCUT2D eigenvalue weighted by Crippen LogP contribution is 2.39. The lowest BCUT2D eigenvalue weighted by Gasteiger charge is -2.18. The summed E-state index contributed by atoms with van der Waals surface area (Å²) in [7, 11) is 0. The summed E-state index contributed by atoms with van der Waals surface area (Å²) in [6, 6.07) is 0. The number of imidazole rings is 1. The highest BCUT2D eigenvalue weighted by Gasteiger charge is 2.28. The van der Waals surface area contributed by atoms with Gasteiger partial charge in [-0.25, -0.2) is 15.0 Å². The Balaban J connectivity index is 2.10. The van der Waals surface area contributed by atoms with Gasteiger partial charge in [0.25, 0.3) is 0 Å². The second-order valence-electron chi connectivity index (χ2n) is 6.35. The maximum Gasteiger partial charge on any atom is 0.165 e. The molecule has 0 amide bonds. The van der Waals surface area contributed by atoms with Gasteiger partial charge in [0.05, 0.1) is 6.33 Å². The third-order valence-electron chi connectivity index (χ3n) is 3.10. The zero-order chi connectivity index (χ0) is 12.9. The van der Waals surface area contributed by atoms with Crippen LogP contribution in [0.25, 0.3) is 11.2 Å². The molecule has 5 nitrogen and oxygen atoms in total. The lowest BCUT2D eigenvalue weighted by molar-refractivity contribution is 0.347. The predicted octanol–water partition coefficient (Wildman–Crippen LogP) is 2.33. The fourth-order valence-corrected chi connectivity index (χ4v) is 2.13. The van der Waals surface area contributed by atoms with Crippen molar-refractivity contribution in [2.24, 2.45) is 5.41 Å². The van der Waals surface area contributed by atoms with Gasteiger partial charge in [-0.3, -0.25) is 0 Å². The maximum absolute atomic E-state index is 5.97. The first-order chi connectivity index (χ1) is 8.44. The van der Waals surface area contributed by atoms with E-state index >= 15 is 0 Å². The summed E-state index contributed by atoms with van der Waals surface area (Å²) < 4.78 is 2.08. The number of nitrogens with zero attached hydrogens (tertiary/aromatic N) is 4. The summed E-state index contributed by atoms with van der Waals surface area (Å²) in [5, 5.41) is 0. The van der Waals surface area contributed by atoms with Crippen LogP contribution in [0.2, 0.25) is 0 Å². The SMILES string of the molecule is CC(C)(C)Cn1cnc2c(N)nc(C3CC3)nc21. The monoisotopic (exact) mass is 245 g/mol. The molecule has 96 valence electrons.